The van der Waals surface area contributed by atoms with Gasteiger partial charge in [0, 0.05) is 22.6 Å². The van der Waals surface area contributed by atoms with Crippen molar-refractivity contribution in [3.63, 3.8) is 0 Å². The van der Waals surface area contributed by atoms with E-state index in [0.717, 1.165) is 17.8 Å². The van der Waals surface area contributed by atoms with Crippen LogP contribution in [0.25, 0.3) is 11.4 Å². The molecule has 1 heterocycles. The van der Waals surface area contributed by atoms with Crippen molar-refractivity contribution in [2.24, 2.45) is 0 Å². The molecule has 0 aliphatic rings. The average molecular weight is 483 g/mol. The number of nitrogens with one attached hydrogen (secondary N) is 1. The summed E-state index contributed by atoms with van der Waals surface area (Å²) in [7, 11) is 0. The number of rotatable bonds is 7. The lowest BCUT2D eigenvalue weighted by molar-refractivity contribution is -0.113. The number of carbonyl (C=O) groups is 1. The van der Waals surface area contributed by atoms with Crippen molar-refractivity contribution in [1.29, 1.82) is 0 Å². The highest BCUT2D eigenvalue weighted by Gasteiger charge is 2.17. The van der Waals surface area contributed by atoms with Gasteiger partial charge in [0.1, 0.15) is 11.6 Å². The van der Waals surface area contributed by atoms with Crippen molar-refractivity contribution < 1.29 is 18.0 Å². The van der Waals surface area contributed by atoms with Crippen molar-refractivity contribution in [1.82, 2.24) is 14.8 Å². The lowest BCUT2D eigenvalue weighted by Gasteiger charge is -2.10. The van der Waals surface area contributed by atoms with E-state index >= 15 is 0 Å². The maximum absolute atomic E-state index is 13.9. The Kier molecular flexibility index (Phi) is 6.75. The van der Waals surface area contributed by atoms with Crippen LogP contribution in [0, 0.1) is 17.5 Å². The summed E-state index contributed by atoms with van der Waals surface area (Å²) < 4.78 is 42.0. The van der Waals surface area contributed by atoms with Crippen LogP contribution in [0.1, 0.15) is 0 Å². The molecule has 3 rings (SSSR count). The molecule has 1 aromatic heterocycles. The smallest absolute Gasteiger partial charge is 0.234 e. The fourth-order valence-electron chi connectivity index (χ4n) is 2.47. The van der Waals surface area contributed by atoms with Crippen molar-refractivity contribution in [3.05, 3.63) is 71.0 Å². The standard InChI is InChI=1S/C19H14BrF3N4OS/c1-2-7-27-18(11-3-5-12(21)6-4-11)25-26-19(27)29-10-16(28)24-17-14(20)8-13(22)9-15(17)23/h2-6,8-9H,1,7,10H2,(H,24,28). The van der Waals surface area contributed by atoms with Gasteiger partial charge in [-0.05, 0) is 46.3 Å². The zero-order valence-corrected chi connectivity index (χ0v) is 17.2. The number of halogens is 4. The van der Waals surface area contributed by atoms with Crippen LogP contribution in [-0.2, 0) is 11.3 Å². The Balaban J connectivity index is 1.74. The molecule has 29 heavy (non-hydrogen) atoms. The third-order valence-electron chi connectivity index (χ3n) is 3.73. The second-order valence-corrected chi connectivity index (χ2v) is 7.59. The van der Waals surface area contributed by atoms with Crippen LogP contribution in [0.2, 0.25) is 0 Å². The van der Waals surface area contributed by atoms with Crippen LogP contribution in [-0.4, -0.2) is 26.4 Å². The van der Waals surface area contributed by atoms with Crippen LogP contribution < -0.4 is 5.32 Å². The van der Waals surface area contributed by atoms with Gasteiger partial charge in [0.05, 0.1) is 11.4 Å². The van der Waals surface area contributed by atoms with Crippen LogP contribution in [0.5, 0.6) is 0 Å². The Morgan fingerprint density at radius 1 is 1.17 bits per heavy atom. The van der Waals surface area contributed by atoms with Gasteiger partial charge in [-0.25, -0.2) is 13.2 Å². The maximum atomic E-state index is 13.9. The highest BCUT2D eigenvalue weighted by molar-refractivity contribution is 9.10. The number of carbonyl (C=O) groups excluding carboxylic acids is 1. The van der Waals surface area contributed by atoms with Crippen molar-refractivity contribution in [2.75, 3.05) is 11.1 Å². The van der Waals surface area contributed by atoms with Crippen molar-refractivity contribution in [3.8, 4) is 11.4 Å². The predicted molar refractivity (Wildman–Crippen MR) is 109 cm³/mol. The van der Waals surface area contributed by atoms with E-state index in [-0.39, 0.29) is 21.7 Å². The molecule has 0 aliphatic heterocycles. The minimum Gasteiger partial charge on any atom is -0.322 e. The molecule has 0 fully saturated rings. The molecule has 5 nitrogen and oxygen atoms in total. The Morgan fingerprint density at radius 3 is 2.55 bits per heavy atom. The predicted octanol–water partition coefficient (Wildman–Crippen LogP) is 5.04. The van der Waals surface area contributed by atoms with Gasteiger partial charge >= 0.3 is 0 Å². The summed E-state index contributed by atoms with van der Waals surface area (Å²) in [6, 6.07) is 7.53. The quantitative estimate of drug-likeness (QED) is 0.378. The third-order valence-corrected chi connectivity index (χ3v) is 5.33. The molecule has 150 valence electrons. The molecular weight excluding hydrogens is 469 g/mol. The number of allylic oxidation sites excluding steroid dienone is 1. The Labute approximate surface area is 177 Å². The van der Waals surface area contributed by atoms with Crippen LogP contribution >= 0.6 is 27.7 Å². The van der Waals surface area contributed by atoms with Crippen molar-refractivity contribution in [2.45, 2.75) is 11.7 Å². The summed E-state index contributed by atoms with van der Waals surface area (Å²) >= 11 is 4.11. The first-order valence-electron chi connectivity index (χ1n) is 8.26. The molecule has 1 amide bonds. The summed E-state index contributed by atoms with van der Waals surface area (Å²) in [5.74, 6) is -2.09. The fourth-order valence-corrected chi connectivity index (χ4v) is 3.72. The van der Waals surface area contributed by atoms with Gasteiger partial charge in [0.25, 0.3) is 0 Å². The summed E-state index contributed by atoms with van der Waals surface area (Å²) in [6.45, 7) is 4.08. The first-order valence-corrected chi connectivity index (χ1v) is 10.0. The first kappa shape index (κ1) is 21.1. The van der Waals surface area contributed by atoms with E-state index in [0.29, 0.717) is 29.2 Å². The van der Waals surface area contributed by atoms with Gasteiger partial charge in [0.15, 0.2) is 16.8 Å². The lowest BCUT2D eigenvalue weighted by atomic mass is 10.2. The fraction of sp³-hybridized carbons (Fsp3) is 0.105. The molecule has 0 aliphatic carbocycles. The Hall–Kier alpha value is -2.59. The molecule has 10 heteroatoms. The molecule has 0 saturated carbocycles. The Bertz CT molecular complexity index is 1030. The molecule has 0 unspecified atom stereocenters. The van der Waals surface area contributed by atoms with Gasteiger partial charge in [-0.2, -0.15) is 0 Å². The Morgan fingerprint density at radius 2 is 1.90 bits per heavy atom. The molecule has 3 aromatic rings. The minimum absolute atomic E-state index is 0.0814. The highest BCUT2D eigenvalue weighted by Crippen LogP contribution is 2.28. The van der Waals surface area contributed by atoms with E-state index in [1.165, 1.54) is 12.1 Å². The zero-order valence-electron chi connectivity index (χ0n) is 14.8. The van der Waals surface area contributed by atoms with E-state index in [1.807, 2.05) is 0 Å². The van der Waals surface area contributed by atoms with Crippen LogP contribution in [0.3, 0.4) is 0 Å². The number of thioether (sulfide) groups is 1. The molecule has 0 saturated heterocycles. The summed E-state index contributed by atoms with van der Waals surface area (Å²) in [4.78, 5) is 12.2. The lowest BCUT2D eigenvalue weighted by Crippen LogP contribution is -2.16. The minimum atomic E-state index is -0.886. The average Bonchev–Trinajstić information content (AvgIpc) is 3.06. The normalized spacial score (nSPS) is 10.8. The number of anilines is 1. The topological polar surface area (TPSA) is 59.8 Å². The molecule has 1 N–H and O–H groups in total. The monoisotopic (exact) mass is 482 g/mol. The molecule has 0 atom stereocenters. The summed E-state index contributed by atoms with van der Waals surface area (Å²) in [6.07, 6.45) is 1.64. The summed E-state index contributed by atoms with van der Waals surface area (Å²) in [5.41, 5.74) is 0.519. The second kappa shape index (κ2) is 9.27. The van der Waals surface area contributed by atoms with Gasteiger partial charge < -0.3 is 5.32 Å². The van der Waals surface area contributed by atoms with Crippen LogP contribution in [0.15, 0.2) is 58.7 Å². The number of benzene rings is 2. The largest absolute Gasteiger partial charge is 0.322 e. The van der Waals surface area contributed by atoms with Crippen molar-refractivity contribution >= 4 is 39.3 Å². The number of nitrogens with zero attached hydrogens (tertiary/aromatic N) is 3. The van der Waals surface area contributed by atoms with Gasteiger partial charge in [-0.1, -0.05) is 17.8 Å². The van der Waals surface area contributed by atoms with E-state index in [4.69, 9.17) is 0 Å². The molecule has 0 bridgehead atoms. The van der Waals surface area contributed by atoms with Gasteiger partial charge in [-0.15, -0.1) is 16.8 Å². The maximum Gasteiger partial charge on any atom is 0.234 e. The van der Waals surface area contributed by atoms with Gasteiger partial charge in [-0.3, -0.25) is 9.36 Å². The first-order chi connectivity index (χ1) is 13.9. The molecule has 0 spiro atoms. The zero-order chi connectivity index (χ0) is 21.0. The second-order valence-electron chi connectivity index (χ2n) is 5.79. The van der Waals surface area contributed by atoms with E-state index in [1.54, 1.807) is 22.8 Å². The van der Waals surface area contributed by atoms with E-state index in [2.05, 4.69) is 38.0 Å². The van der Waals surface area contributed by atoms with E-state index in [9.17, 15) is 18.0 Å². The number of aromatic nitrogens is 3. The third kappa shape index (κ3) is 5.07. The molecule has 0 radical (unpaired) electrons. The van der Waals surface area contributed by atoms with Crippen LogP contribution in [0.4, 0.5) is 18.9 Å². The highest BCUT2D eigenvalue weighted by atomic mass is 79.9. The molecule has 2 aromatic carbocycles. The number of hydrogen-bond acceptors (Lipinski definition) is 4. The molecular formula is C19H14BrF3N4OS. The summed E-state index contributed by atoms with van der Waals surface area (Å²) in [5, 5.41) is 11.0. The van der Waals surface area contributed by atoms with Gasteiger partial charge in [0.2, 0.25) is 5.91 Å². The number of hydrogen-bond donors (Lipinski definition) is 1. The SMILES string of the molecule is C=CCn1c(SCC(=O)Nc2c(F)cc(F)cc2Br)nnc1-c1ccc(F)cc1. The van der Waals surface area contributed by atoms with E-state index < -0.39 is 17.5 Å². The number of amides is 1.